The molecule has 7 nitrogen and oxygen atoms in total. The minimum Gasteiger partial charge on any atom is -0.378 e. The summed E-state index contributed by atoms with van der Waals surface area (Å²) in [5.74, 6) is 1.03. The van der Waals surface area contributed by atoms with E-state index in [4.69, 9.17) is 4.74 Å². The Labute approximate surface area is 188 Å². The Kier molecular flexibility index (Phi) is 5.79. The van der Waals surface area contributed by atoms with Crippen molar-refractivity contribution in [3.63, 3.8) is 0 Å². The van der Waals surface area contributed by atoms with E-state index in [0.29, 0.717) is 48.3 Å². The fourth-order valence-electron chi connectivity index (χ4n) is 3.88. The molecular weight excluding hydrogens is 434 g/mol. The lowest BCUT2D eigenvalue weighted by molar-refractivity contribution is 0.0715. The quantitative estimate of drug-likeness (QED) is 0.392. The summed E-state index contributed by atoms with van der Waals surface area (Å²) in [4.78, 5) is 6.64. The van der Waals surface area contributed by atoms with Crippen LogP contribution >= 0.6 is 11.8 Å². The first-order valence-corrected chi connectivity index (χ1v) is 11.3. The lowest BCUT2D eigenvalue weighted by Gasteiger charge is -2.28. The molecule has 0 radical (unpaired) electrons. The highest BCUT2D eigenvalue weighted by molar-refractivity contribution is 7.99. The molecule has 1 saturated heterocycles. The maximum absolute atomic E-state index is 13.9. The molecule has 1 unspecified atom stereocenters. The van der Waals surface area contributed by atoms with Gasteiger partial charge in [-0.25, -0.2) is 4.98 Å². The topological polar surface area (TPSA) is 61.0 Å². The van der Waals surface area contributed by atoms with Crippen LogP contribution in [0.3, 0.4) is 0 Å². The Morgan fingerprint density at radius 1 is 0.969 bits per heavy atom. The van der Waals surface area contributed by atoms with E-state index < -0.39 is 6.55 Å². The van der Waals surface area contributed by atoms with Crippen molar-refractivity contribution in [3.05, 3.63) is 60.4 Å². The molecule has 1 aliphatic heterocycles. The second-order valence-corrected chi connectivity index (χ2v) is 8.73. The SMILES string of the molecule is CC(Sc1nnc(N2CCOCC2)n1-c1ccccc1)c1nc2ccccc2n1C(F)F. The highest BCUT2D eigenvalue weighted by atomic mass is 32.2. The van der Waals surface area contributed by atoms with Gasteiger partial charge >= 0.3 is 6.55 Å². The van der Waals surface area contributed by atoms with Gasteiger partial charge in [-0.1, -0.05) is 42.1 Å². The van der Waals surface area contributed by atoms with Gasteiger partial charge in [0.15, 0.2) is 5.16 Å². The molecule has 0 spiro atoms. The zero-order valence-corrected chi connectivity index (χ0v) is 18.3. The molecule has 0 N–H and O–H groups in total. The van der Waals surface area contributed by atoms with E-state index in [1.807, 2.05) is 41.8 Å². The molecule has 3 heterocycles. The van der Waals surface area contributed by atoms with Gasteiger partial charge in [-0.05, 0) is 31.2 Å². The molecule has 32 heavy (non-hydrogen) atoms. The largest absolute Gasteiger partial charge is 0.378 e. The van der Waals surface area contributed by atoms with Crippen molar-refractivity contribution in [3.8, 4) is 5.69 Å². The van der Waals surface area contributed by atoms with Crippen LogP contribution in [0.25, 0.3) is 16.7 Å². The number of benzene rings is 2. The third kappa shape index (κ3) is 3.84. The van der Waals surface area contributed by atoms with Gasteiger partial charge < -0.3 is 9.64 Å². The molecule has 10 heteroatoms. The van der Waals surface area contributed by atoms with Crippen LogP contribution in [0.2, 0.25) is 0 Å². The van der Waals surface area contributed by atoms with Crippen molar-refractivity contribution >= 4 is 28.7 Å². The van der Waals surface area contributed by atoms with E-state index in [0.717, 1.165) is 16.2 Å². The van der Waals surface area contributed by atoms with E-state index in [1.54, 1.807) is 24.3 Å². The second-order valence-electron chi connectivity index (χ2n) is 7.42. The number of para-hydroxylation sites is 3. The van der Waals surface area contributed by atoms with Gasteiger partial charge in [-0.2, -0.15) is 8.78 Å². The Hall–Kier alpha value is -2.98. The van der Waals surface area contributed by atoms with Crippen molar-refractivity contribution < 1.29 is 13.5 Å². The summed E-state index contributed by atoms with van der Waals surface area (Å²) in [6.45, 7) is 1.86. The van der Waals surface area contributed by atoms with Crippen molar-refractivity contribution in [1.82, 2.24) is 24.3 Å². The van der Waals surface area contributed by atoms with Crippen LogP contribution in [0.4, 0.5) is 14.7 Å². The zero-order valence-electron chi connectivity index (χ0n) is 17.4. The average Bonchev–Trinajstić information content (AvgIpc) is 3.42. The van der Waals surface area contributed by atoms with Gasteiger partial charge in [0.1, 0.15) is 5.82 Å². The molecule has 0 bridgehead atoms. The third-order valence-corrected chi connectivity index (χ3v) is 6.43. The number of hydrogen-bond donors (Lipinski definition) is 0. The Morgan fingerprint density at radius 2 is 1.69 bits per heavy atom. The fourth-order valence-corrected chi connectivity index (χ4v) is 4.84. The first kappa shape index (κ1) is 20.9. The van der Waals surface area contributed by atoms with E-state index in [9.17, 15) is 8.78 Å². The summed E-state index contributed by atoms with van der Waals surface area (Å²) >= 11 is 1.36. The highest BCUT2D eigenvalue weighted by Crippen LogP contribution is 2.39. The standard InChI is InChI=1S/C22H22F2N6OS/c1-15(19-25-17-9-5-6-10-18(17)30(19)20(23)24)32-22-27-26-21(28-11-13-31-14-12-28)29(22)16-7-3-2-4-8-16/h2-10,15,20H,11-14H2,1H3. The number of hydrogen-bond acceptors (Lipinski definition) is 6. The number of alkyl halides is 2. The number of anilines is 1. The number of fused-ring (bicyclic) bond motifs is 1. The summed E-state index contributed by atoms with van der Waals surface area (Å²) in [7, 11) is 0. The maximum atomic E-state index is 13.9. The van der Waals surface area contributed by atoms with Crippen molar-refractivity contribution in [1.29, 1.82) is 0 Å². The Bertz CT molecular complexity index is 1210. The Morgan fingerprint density at radius 3 is 2.44 bits per heavy atom. The maximum Gasteiger partial charge on any atom is 0.320 e. The molecule has 166 valence electrons. The predicted molar refractivity (Wildman–Crippen MR) is 120 cm³/mol. The monoisotopic (exact) mass is 456 g/mol. The summed E-state index contributed by atoms with van der Waals surface area (Å²) in [6.07, 6.45) is 0. The highest BCUT2D eigenvalue weighted by Gasteiger charge is 2.27. The molecular formula is C22H22F2N6OS. The third-order valence-electron chi connectivity index (χ3n) is 5.39. The molecule has 2 aromatic heterocycles. The molecule has 4 aromatic rings. The van der Waals surface area contributed by atoms with E-state index in [-0.39, 0.29) is 5.25 Å². The van der Waals surface area contributed by atoms with Crippen molar-refractivity contribution in [2.45, 2.75) is 23.9 Å². The molecule has 1 aliphatic rings. The van der Waals surface area contributed by atoms with Gasteiger partial charge in [0.25, 0.3) is 0 Å². The van der Waals surface area contributed by atoms with Gasteiger partial charge in [0.2, 0.25) is 5.95 Å². The summed E-state index contributed by atoms with van der Waals surface area (Å²) < 4.78 is 36.3. The van der Waals surface area contributed by atoms with Crippen LogP contribution in [0.1, 0.15) is 24.5 Å². The van der Waals surface area contributed by atoms with E-state index in [2.05, 4.69) is 20.1 Å². The van der Waals surface area contributed by atoms with E-state index >= 15 is 0 Å². The van der Waals surface area contributed by atoms with Crippen LogP contribution in [0.15, 0.2) is 59.8 Å². The first-order valence-electron chi connectivity index (χ1n) is 10.4. The minimum atomic E-state index is -2.68. The van der Waals surface area contributed by atoms with Crippen LogP contribution in [-0.4, -0.2) is 50.6 Å². The number of morpholine rings is 1. The Balaban J connectivity index is 1.54. The number of ether oxygens (including phenoxy) is 1. The normalized spacial score (nSPS) is 15.6. The molecule has 1 atom stereocenters. The number of thioether (sulfide) groups is 1. The number of rotatable bonds is 6. The summed E-state index contributed by atoms with van der Waals surface area (Å²) in [5, 5.41) is 9.13. The molecule has 0 aliphatic carbocycles. The minimum absolute atomic E-state index is 0.307. The molecule has 5 rings (SSSR count). The van der Waals surface area contributed by atoms with Gasteiger partial charge in [-0.3, -0.25) is 9.13 Å². The number of imidazole rings is 1. The van der Waals surface area contributed by atoms with Crippen LogP contribution in [0, 0.1) is 0 Å². The number of aromatic nitrogens is 5. The summed E-state index contributed by atoms with van der Waals surface area (Å²) in [6, 6.07) is 16.8. The lowest BCUT2D eigenvalue weighted by atomic mass is 10.3. The van der Waals surface area contributed by atoms with Crippen LogP contribution < -0.4 is 4.90 Å². The smallest absolute Gasteiger partial charge is 0.320 e. The number of nitrogens with zero attached hydrogens (tertiary/aromatic N) is 6. The lowest BCUT2D eigenvalue weighted by Crippen LogP contribution is -2.37. The first-order chi connectivity index (χ1) is 15.6. The van der Waals surface area contributed by atoms with Gasteiger partial charge in [0, 0.05) is 13.1 Å². The van der Waals surface area contributed by atoms with Gasteiger partial charge in [0.05, 0.1) is 35.2 Å². The van der Waals surface area contributed by atoms with Gasteiger partial charge in [-0.15, -0.1) is 10.2 Å². The second kappa shape index (κ2) is 8.87. The zero-order chi connectivity index (χ0) is 22.1. The van der Waals surface area contributed by atoms with Crippen LogP contribution in [-0.2, 0) is 4.74 Å². The molecule has 1 fully saturated rings. The molecule has 0 amide bonds. The molecule has 2 aromatic carbocycles. The summed E-state index contributed by atoms with van der Waals surface area (Å²) in [5.41, 5.74) is 1.88. The van der Waals surface area contributed by atoms with Crippen LogP contribution in [0.5, 0.6) is 0 Å². The number of halogens is 2. The average molecular weight is 457 g/mol. The predicted octanol–water partition coefficient (Wildman–Crippen LogP) is 4.70. The fraction of sp³-hybridized carbons (Fsp3) is 0.318. The van der Waals surface area contributed by atoms with E-state index in [1.165, 1.54) is 11.8 Å². The van der Waals surface area contributed by atoms with Crippen molar-refractivity contribution in [2.75, 3.05) is 31.2 Å². The van der Waals surface area contributed by atoms with Crippen molar-refractivity contribution in [2.24, 2.45) is 0 Å². The molecule has 0 saturated carbocycles.